The molecule has 0 saturated heterocycles. The first-order valence-corrected chi connectivity index (χ1v) is 20.4. The van der Waals surface area contributed by atoms with E-state index in [-0.39, 0.29) is 0 Å². The topological polar surface area (TPSA) is 20.7 Å². The van der Waals surface area contributed by atoms with Crippen LogP contribution in [0.4, 0.5) is 0 Å². The third kappa shape index (κ3) is 5.06. The molecule has 2 heteroatoms. The van der Waals surface area contributed by atoms with Crippen LogP contribution in [0.15, 0.2) is 206 Å². The van der Waals surface area contributed by atoms with Gasteiger partial charge in [-0.25, -0.2) is 0 Å². The number of hydrogen-bond donors (Lipinski definition) is 1. The summed E-state index contributed by atoms with van der Waals surface area (Å²) in [5, 5.41) is 9.92. The maximum atomic E-state index is 3.83. The van der Waals surface area contributed by atoms with Crippen molar-refractivity contribution in [2.24, 2.45) is 7.05 Å². The fourth-order valence-corrected chi connectivity index (χ4v) is 10.00. The van der Waals surface area contributed by atoms with Gasteiger partial charge in [0, 0.05) is 50.8 Å². The third-order valence-corrected chi connectivity index (χ3v) is 12.6. The van der Waals surface area contributed by atoms with Gasteiger partial charge in [-0.05, 0) is 84.3 Å². The molecule has 0 aliphatic heterocycles. The van der Waals surface area contributed by atoms with Gasteiger partial charge in [0.25, 0.3) is 0 Å². The molecule has 12 rings (SSSR count). The number of nitrogens with one attached hydrogen (secondary N) is 1. The van der Waals surface area contributed by atoms with Gasteiger partial charge in [-0.3, -0.25) is 0 Å². The van der Waals surface area contributed by atoms with E-state index in [0.29, 0.717) is 0 Å². The van der Waals surface area contributed by atoms with Crippen LogP contribution in [0.25, 0.3) is 121 Å². The van der Waals surface area contributed by atoms with E-state index >= 15 is 0 Å². The highest BCUT2D eigenvalue weighted by molar-refractivity contribution is 6.24. The molecule has 59 heavy (non-hydrogen) atoms. The van der Waals surface area contributed by atoms with Gasteiger partial charge in [-0.15, -0.1) is 0 Å². The lowest BCUT2D eigenvalue weighted by atomic mass is 9.81. The third-order valence-electron chi connectivity index (χ3n) is 12.6. The van der Waals surface area contributed by atoms with Crippen molar-refractivity contribution in [3.63, 3.8) is 0 Å². The summed E-state index contributed by atoms with van der Waals surface area (Å²) < 4.78 is 2.38. The summed E-state index contributed by atoms with van der Waals surface area (Å²) in [6.07, 6.45) is 0. The molecule has 1 N–H and O–H groups in total. The SMILES string of the molecule is Cn1c2ccccc2c2cccc(-c3cccc4c(-c5c(-c6ccccc6)cccc5-c5ccccc5)c5cccc(-c6cccc7c6[nH]c6ccccc67)c5cc34)c21. The molecule has 0 atom stereocenters. The van der Waals surface area contributed by atoms with E-state index in [2.05, 4.69) is 223 Å². The number of aryl methyl sites for hydroxylation is 1. The molecule has 12 aromatic rings. The van der Waals surface area contributed by atoms with Gasteiger partial charge in [0.2, 0.25) is 0 Å². The van der Waals surface area contributed by atoms with Crippen molar-refractivity contribution in [3.8, 4) is 55.6 Å². The zero-order valence-electron chi connectivity index (χ0n) is 32.6. The summed E-state index contributed by atoms with van der Waals surface area (Å²) in [5.41, 5.74) is 16.9. The molecular formula is C57H38N2. The zero-order chi connectivity index (χ0) is 39.0. The highest BCUT2D eigenvalue weighted by Gasteiger charge is 2.23. The van der Waals surface area contributed by atoms with E-state index in [9.17, 15) is 0 Å². The van der Waals surface area contributed by atoms with Gasteiger partial charge in [0.15, 0.2) is 0 Å². The number of H-pyrrole nitrogens is 1. The number of aromatic nitrogens is 2. The Morgan fingerprint density at radius 1 is 0.322 bits per heavy atom. The molecule has 0 spiro atoms. The Labute approximate surface area is 342 Å². The smallest absolute Gasteiger partial charge is 0.0568 e. The molecule has 0 aliphatic rings. The Bertz CT molecular complexity index is 3550. The molecule has 0 aliphatic carbocycles. The van der Waals surface area contributed by atoms with Crippen molar-refractivity contribution >= 4 is 65.2 Å². The van der Waals surface area contributed by atoms with Crippen LogP contribution >= 0.6 is 0 Å². The molecule has 2 nitrogen and oxygen atoms in total. The first-order chi connectivity index (χ1) is 29.2. The molecule has 276 valence electrons. The van der Waals surface area contributed by atoms with Crippen LogP contribution in [0.1, 0.15) is 0 Å². The Morgan fingerprint density at radius 2 is 0.797 bits per heavy atom. The molecule has 0 unspecified atom stereocenters. The number of para-hydroxylation sites is 4. The summed E-state index contributed by atoms with van der Waals surface area (Å²) >= 11 is 0. The molecule has 0 bridgehead atoms. The second-order valence-corrected chi connectivity index (χ2v) is 15.7. The number of hydrogen-bond acceptors (Lipinski definition) is 0. The minimum Gasteiger partial charge on any atom is -0.354 e. The molecule has 0 saturated carbocycles. The molecule has 10 aromatic carbocycles. The Hall–Kier alpha value is -7.68. The number of fused-ring (bicyclic) bond motifs is 8. The van der Waals surface area contributed by atoms with Crippen LogP contribution < -0.4 is 0 Å². The standard InChI is InChI=1S/C57H38N2/c1-59-53-34-11-9-22-43(53)49-32-16-31-48(57(49)59)41-26-14-28-45-51(41)35-50-40(46-29-15-30-47-42-21-8-10-33-52(42)58-56(46)47)25-13-27-44(50)55(45)54-38(36-17-4-2-5-18-36)23-12-24-39(54)37-19-6-3-7-20-37/h2-35,58H,1H3. The predicted molar refractivity (Wildman–Crippen MR) is 252 cm³/mol. The molecule has 2 heterocycles. The first-order valence-electron chi connectivity index (χ1n) is 20.4. The number of rotatable bonds is 5. The van der Waals surface area contributed by atoms with Crippen molar-refractivity contribution in [2.75, 3.05) is 0 Å². The Morgan fingerprint density at radius 3 is 1.47 bits per heavy atom. The molecule has 0 amide bonds. The Balaban J connectivity index is 1.27. The van der Waals surface area contributed by atoms with Gasteiger partial charge in [-0.1, -0.05) is 188 Å². The normalized spacial score (nSPS) is 11.8. The average molecular weight is 751 g/mol. The quantitative estimate of drug-likeness (QED) is 0.169. The van der Waals surface area contributed by atoms with Crippen molar-refractivity contribution in [2.45, 2.75) is 0 Å². The molecule has 2 aromatic heterocycles. The van der Waals surface area contributed by atoms with E-state index in [4.69, 9.17) is 0 Å². The van der Waals surface area contributed by atoms with E-state index in [1.54, 1.807) is 0 Å². The summed E-state index contributed by atoms with van der Waals surface area (Å²) in [4.78, 5) is 3.83. The Kier molecular flexibility index (Phi) is 7.48. The monoisotopic (exact) mass is 750 g/mol. The minimum atomic E-state index is 1.15. The van der Waals surface area contributed by atoms with Crippen molar-refractivity contribution in [1.29, 1.82) is 0 Å². The lowest BCUT2D eigenvalue weighted by Gasteiger charge is -2.22. The number of nitrogens with zero attached hydrogens (tertiary/aromatic N) is 1. The van der Waals surface area contributed by atoms with Gasteiger partial charge in [0.05, 0.1) is 11.0 Å². The van der Waals surface area contributed by atoms with E-state index in [0.717, 1.165) is 11.0 Å². The average Bonchev–Trinajstić information content (AvgIpc) is 3.83. The van der Waals surface area contributed by atoms with E-state index < -0.39 is 0 Å². The lowest BCUT2D eigenvalue weighted by Crippen LogP contribution is -1.96. The van der Waals surface area contributed by atoms with Crippen LogP contribution in [0, 0.1) is 0 Å². The van der Waals surface area contributed by atoms with E-state index in [1.165, 1.54) is 110 Å². The maximum Gasteiger partial charge on any atom is 0.0568 e. The van der Waals surface area contributed by atoms with Gasteiger partial charge >= 0.3 is 0 Å². The second kappa shape index (κ2) is 13.2. The minimum absolute atomic E-state index is 1.15. The highest BCUT2D eigenvalue weighted by Crippen LogP contribution is 2.50. The highest BCUT2D eigenvalue weighted by atomic mass is 14.9. The van der Waals surface area contributed by atoms with Gasteiger partial charge in [0.1, 0.15) is 0 Å². The van der Waals surface area contributed by atoms with Crippen LogP contribution in [0.2, 0.25) is 0 Å². The summed E-state index contributed by atoms with van der Waals surface area (Å²) in [6.45, 7) is 0. The predicted octanol–water partition coefficient (Wildman–Crippen LogP) is 15.6. The first kappa shape index (κ1) is 33.5. The molecule has 0 radical (unpaired) electrons. The van der Waals surface area contributed by atoms with Crippen LogP contribution in [-0.2, 0) is 7.05 Å². The van der Waals surface area contributed by atoms with Crippen LogP contribution in [0.5, 0.6) is 0 Å². The molecule has 0 fully saturated rings. The maximum absolute atomic E-state index is 3.83. The summed E-state index contributed by atoms with van der Waals surface area (Å²) in [7, 11) is 2.21. The van der Waals surface area contributed by atoms with Crippen LogP contribution in [0.3, 0.4) is 0 Å². The van der Waals surface area contributed by atoms with Gasteiger partial charge in [-0.2, -0.15) is 0 Å². The van der Waals surface area contributed by atoms with E-state index in [1.807, 2.05) is 0 Å². The number of aromatic amines is 1. The fraction of sp³-hybridized carbons (Fsp3) is 0.0175. The molecular weight excluding hydrogens is 713 g/mol. The van der Waals surface area contributed by atoms with Crippen LogP contribution in [-0.4, -0.2) is 9.55 Å². The summed E-state index contributed by atoms with van der Waals surface area (Å²) in [6, 6.07) is 75.9. The van der Waals surface area contributed by atoms with Gasteiger partial charge < -0.3 is 9.55 Å². The lowest BCUT2D eigenvalue weighted by molar-refractivity contribution is 1.02. The fourth-order valence-electron chi connectivity index (χ4n) is 10.00. The number of benzene rings is 10. The van der Waals surface area contributed by atoms with Crippen molar-refractivity contribution in [1.82, 2.24) is 9.55 Å². The largest absolute Gasteiger partial charge is 0.354 e. The summed E-state index contributed by atoms with van der Waals surface area (Å²) in [5.74, 6) is 0. The second-order valence-electron chi connectivity index (χ2n) is 15.7. The zero-order valence-corrected chi connectivity index (χ0v) is 32.6. The van der Waals surface area contributed by atoms with Crippen molar-refractivity contribution in [3.05, 3.63) is 206 Å². The van der Waals surface area contributed by atoms with Crippen molar-refractivity contribution < 1.29 is 0 Å².